The molecule has 5 heteroatoms. The molecule has 0 aliphatic carbocycles. The number of aromatic nitrogens is 1. The smallest absolute Gasteiger partial charge is 0.244 e. The fourth-order valence-electron chi connectivity index (χ4n) is 1.60. The minimum absolute atomic E-state index is 0.178. The van der Waals surface area contributed by atoms with Crippen molar-refractivity contribution in [3.05, 3.63) is 59.9 Å². The molecule has 2 rings (SSSR count). The van der Waals surface area contributed by atoms with E-state index in [4.69, 9.17) is 4.74 Å². The van der Waals surface area contributed by atoms with Gasteiger partial charge in [-0.2, -0.15) is 5.10 Å². The summed E-state index contributed by atoms with van der Waals surface area (Å²) in [4.78, 5) is 15.6. The van der Waals surface area contributed by atoms with Crippen LogP contribution in [-0.2, 0) is 11.2 Å². The van der Waals surface area contributed by atoms with Crippen LogP contribution in [0.5, 0.6) is 5.75 Å². The molecule has 0 atom stereocenters. The van der Waals surface area contributed by atoms with Gasteiger partial charge in [0.15, 0.2) is 0 Å². The van der Waals surface area contributed by atoms with Crippen LogP contribution in [0.1, 0.15) is 11.1 Å². The van der Waals surface area contributed by atoms with Gasteiger partial charge in [-0.1, -0.05) is 6.07 Å². The van der Waals surface area contributed by atoms with Gasteiger partial charge in [-0.15, -0.1) is 0 Å². The standard InChI is InChI=1S/C15H15N3O2/c1-20-14-6-4-12(5-7-14)11-17-18-15(19)9-13-3-2-8-16-10-13/h2-8,10-11H,9H2,1H3,(H,18,19)/b17-11+. The summed E-state index contributed by atoms with van der Waals surface area (Å²) in [5.74, 6) is 0.602. The Labute approximate surface area is 117 Å². The average molecular weight is 269 g/mol. The second-order valence-corrected chi connectivity index (χ2v) is 4.10. The number of ether oxygens (including phenoxy) is 1. The Bertz CT molecular complexity index is 580. The first-order valence-corrected chi connectivity index (χ1v) is 6.13. The van der Waals surface area contributed by atoms with E-state index in [9.17, 15) is 4.79 Å². The molecule has 0 radical (unpaired) electrons. The van der Waals surface area contributed by atoms with E-state index in [0.717, 1.165) is 16.9 Å². The number of hydrazone groups is 1. The van der Waals surface area contributed by atoms with Gasteiger partial charge in [0, 0.05) is 12.4 Å². The van der Waals surface area contributed by atoms with Crippen LogP contribution < -0.4 is 10.2 Å². The lowest BCUT2D eigenvalue weighted by atomic mass is 10.2. The summed E-state index contributed by atoms with van der Waals surface area (Å²) in [6.07, 6.45) is 5.17. The van der Waals surface area contributed by atoms with Crippen molar-refractivity contribution in [1.82, 2.24) is 10.4 Å². The number of hydrogen-bond donors (Lipinski definition) is 1. The maximum absolute atomic E-state index is 11.6. The van der Waals surface area contributed by atoms with Crippen molar-refractivity contribution < 1.29 is 9.53 Å². The van der Waals surface area contributed by atoms with Crippen LogP contribution in [-0.4, -0.2) is 24.2 Å². The summed E-state index contributed by atoms with van der Waals surface area (Å²) in [6.45, 7) is 0. The molecule has 1 aromatic carbocycles. The van der Waals surface area contributed by atoms with Crippen molar-refractivity contribution in [2.45, 2.75) is 6.42 Å². The van der Waals surface area contributed by atoms with Gasteiger partial charge < -0.3 is 4.74 Å². The molecular weight excluding hydrogens is 254 g/mol. The quantitative estimate of drug-likeness (QED) is 0.664. The number of carbonyl (C=O) groups is 1. The van der Waals surface area contributed by atoms with Crippen molar-refractivity contribution in [1.29, 1.82) is 0 Å². The molecule has 102 valence electrons. The Kier molecular flexibility index (Phi) is 4.83. The number of hydrogen-bond acceptors (Lipinski definition) is 4. The summed E-state index contributed by atoms with van der Waals surface area (Å²) in [7, 11) is 1.61. The fraction of sp³-hybridized carbons (Fsp3) is 0.133. The Morgan fingerprint density at radius 2 is 2.15 bits per heavy atom. The maximum atomic E-state index is 11.6. The highest BCUT2D eigenvalue weighted by atomic mass is 16.5. The van der Waals surface area contributed by atoms with Crippen molar-refractivity contribution >= 4 is 12.1 Å². The Balaban J connectivity index is 1.84. The normalized spacial score (nSPS) is 10.4. The lowest BCUT2D eigenvalue weighted by Gasteiger charge is -2.00. The Hall–Kier alpha value is -2.69. The minimum atomic E-state index is -0.178. The zero-order valence-corrected chi connectivity index (χ0v) is 11.1. The number of rotatable bonds is 5. The molecule has 0 aliphatic rings. The van der Waals surface area contributed by atoms with E-state index >= 15 is 0 Å². The zero-order chi connectivity index (χ0) is 14.2. The van der Waals surface area contributed by atoms with Crippen molar-refractivity contribution in [2.24, 2.45) is 5.10 Å². The Morgan fingerprint density at radius 3 is 2.80 bits per heavy atom. The molecule has 0 aliphatic heterocycles. The van der Waals surface area contributed by atoms with Gasteiger partial charge in [-0.3, -0.25) is 9.78 Å². The van der Waals surface area contributed by atoms with Crippen LogP contribution in [0.4, 0.5) is 0 Å². The summed E-state index contributed by atoms with van der Waals surface area (Å²) >= 11 is 0. The topological polar surface area (TPSA) is 63.6 Å². The van der Waals surface area contributed by atoms with E-state index in [-0.39, 0.29) is 12.3 Å². The highest BCUT2D eigenvalue weighted by Crippen LogP contribution is 2.09. The lowest BCUT2D eigenvalue weighted by molar-refractivity contribution is -0.120. The van der Waals surface area contributed by atoms with E-state index in [1.54, 1.807) is 31.8 Å². The van der Waals surface area contributed by atoms with Crippen LogP contribution in [0.3, 0.4) is 0 Å². The van der Waals surface area contributed by atoms with Crippen LogP contribution >= 0.6 is 0 Å². The number of carbonyl (C=O) groups excluding carboxylic acids is 1. The van der Waals surface area contributed by atoms with Crippen molar-refractivity contribution in [2.75, 3.05) is 7.11 Å². The summed E-state index contributed by atoms with van der Waals surface area (Å²) in [5.41, 5.74) is 4.21. The molecule has 1 amide bonds. The average Bonchev–Trinajstić information content (AvgIpc) is 2.49. The van der Waals surface area contributed by atoms with Crippen LogP contribution in [0.2, 0.25) is 0 Å². The first kappa shape index (κ1) is 13.7. The van der Waals surface area contributed by atoms with Gasteiger partial charge >= 0.3 is 0 Å². The second kappa shape index (κ2) is 7.04. The van der Waals surface area contributed by atoms with E-state index in [2.05, 4.69) is 15.5 Å². The number of nitrogens with zero attached hydrogens (tertiary/aromatic N) is 2. The van der Waals surface area contributed by atoms with Crippen LogP contribution in [0.15, 0.2) is 53.9 Å². The molecule has 1 heterocycles. The van der Waals surface area contributed by atoms with Crippen molar-refractivity contribution in [3.8, 4) is 5.75 Å². The molecule has 5 nitrogen and oxygen atoms in total. The molecule has 2 aromatic rings. The van der Waals surface area contributed by atoms with E-state index in [1.807, 2.05) is 30.3 Å². The van der Waals surface area contributed by atoms with Gasteiger partial charge in [0.1, 0.15) is 5.75 Å². The molecule has 0 bridgehead atoms. The molecule has 0 saturated carbocycles. The van der Waals surface area contributed by atoms with E-state index in [1.165, 1.54) is 0 Å². The number of pyridine rings is 1. The predicted octanol–water partition coefficient (Wildman–Crippen LogP) is 1.78. The fourth-order valence-corrected chi connectivity index (χ4v) is 1.60. The second-order valence-electron chi connectivity index (χ2n) is 4.10. The largest absolute Gasteiger partial charge is 0.497 e. The Morgan fingerprint density at radius 1 is 1.35 bits per heavy atom. The van der Waals surface area contributed by atoms with Crippen molar-refractivity contribution in [3.63, 3.8) is 0 Å². The number of nitrogens with one attached hydrogen (secondary N) is 1. The summed E-state index contributed by atoms with van der Waals surface area (Å²) < 4.78 is 5.06. The van der Waals surface area contributed by atoms with Gasteiger partial charge in [0.25, 0.3) is 0 Å². The first-order valence-electron chi connectivity index (χ1n) is 6.13. The predicted molar refractivity (Wildman–Crippen MR) is 76.7 cm³/mol. The SMILES string of the molecule is COc1ccc(/C=N/NC(=O)Cc2cccnc2)cc1. The molecule has 1 aromatic heterocycles. The summed E-state index contributed by atoms with van der Waals surface area (Å²) in [5, 5.41) is 3.91. The number of methoxy groups -OCH3 is 1. The summed E-state index contributed by atoms with van der Waals surface area (Å²) in [6, 6.07) is 11.0. The molecule has 0 fully saturated rings. The monoisotopic (exact) mass is 269 g/mol. The van der Waals surface area contributed by atoms with Gasteiger partial charge in [0.2, 0.25) is 5.91 Å². The molecule has 1 N–H and O–H groups in total. The zero-order valence-electron chi connectivity index (χ0n) is 11.1. The maximum Gasteiger partial charge on any atom is 0.244 e. The first-order chi connectivity index (χ1) is 9.78. The third kappa shape index (κ3) is 4.20. The molecule has 0 saturated heterocycles. The highest BCUT2D eigenvalue weighted by Gasteiger charge is 2.01. The van der Waals surface area contributed by atoms with Crippen LogP contribution in [0, 0.1) is 0 Å². The van der Waals surface area contributed by atoms with E-state index < -0.39 is 0 Å². The third-order valence-electron chi connectivity index (χ3n) is 2.61. The van der Waals surface area contributed by atoms with Gasteiger partial charge in [-0.05, 0) is 41.5 Å². The minimum Gasteiger partial charge on any atom is -0.497 e. The van der Waals surface area contributed by atoms with Gasteiger partial charge in [0.05, 0.1) is 19.7 Å². The molecular formula is C15H15N3O2. The number of amides is 1. The van der Waals surface area contributed by atoms with E-state index in [0.29, 0.717) is 0 Å². The molecule has 0 spiro atoms. The number of benzene rings is 1. The van der Waals surface area contributed by atoms with Crippen LogP contribution in [0.25, 0.3) is 0 Å². The molecule has 20 heavy (non-hydrogen) atoms. The molecule has 0 unspecified atom stereocenters. The third-order valence-corrected chi connectivity index (χ3v) is 2.61. The lowest BCUT2D eigenvalue weighted by Crippen LogP contribution is -2.19. The highest BCUT2D eigenvalue weighted by molar-refractivity contribution is 5.83. The van der Waals surface area contributed by atoms with Gasteiger partial charge in [-0.25, -0.2) is 5.43 Å².